The van der Waals surface area contributed by atoms with Gasteiger partial charge in [0.25, 0.3) is 0 Å². The number of piperazine rings is 1. The molecule has 2 fully saturated rings. The fourth-order valence-corrected chi connectivity index (χ4v) is 7.16. The Kier molecular flexibility index (Phi) is 9.15. The number of ether oxygens (including phenoxy) is 2. The zero-order valence-corrected chi connectivity index (χ0v) is 28.5. The molecule has 4 heterocycles. The molecule has 268 valence electrons. The maximum Gasteiger partial charge on any atom is 0.350 e. The zero-order valence-electron chi connectivity index (χ0n) is 30.5. The minimum absolute atomic E-state index is 0.0527. The lowest BCUT2D eigenvalue weighted by atomic mass is 9.87. The summed E-state index contributed by atoms with van der Waals surface area (Å²) in [4.78, 5) is 21.3. The van der Waals surface area contributed by atoms with E-state index >= 15 is 4.39 Å². The van der Waals surface area contributed by atoms with Crippen LogP contribution in [0.25, 0.3) is 5.69 Å². The lowest BCUT2D eigenvalue weighted by Gasteiger charge is -2.37. The molecule has 0 spiro atoms. The molecule has 51 heavy (non-hydrogen) atoms. The maximum atomic E-state index is 15.1. The lowest BCUT2D eigenvalue weighted by Crippen LogP contribution is -2.46. The highest BCUT2D eigenvalue weighted by Crippen LogP contribution is 2.42. The molecule has 1 N–H and O–H groups in total. The summed E-state index contributed by atoms with van der Waals surface area (Å²) in [5.41, 5.74) is 1.50. The summed E-state index contributed by atoms with van der Waals surface area (Å²) in [6.45, 7) is 7.36. The summed E-state index contributed by atoms with van der Waals surface area (Å²) < 4.78 is 61.0. The third-order valence-corrected chi connectivity index (χ3v) is 9.86. The van der Waals surface area contributed by atoms with Crippen LogP contribution in [-0.4, -0.2) is 79.7 Å². The van der Waals surface area contributed by atoms with E-state index in [1.807, 2.05) is 55.5 Å². The molecule has 3 aromatic carbocycles. The Bertz CT molecular complexity index is 2080. The molecule has 12 nitrogen and oxygen atoms in total. The number of benzene rings is 3. The van der Waals surface area contributed by atoms with E-state index in [1.165, 1.54) is 32.4 Å². The number of aromatic nitrogens is 6. The SMILES string of the molecule is [2H]c1nc([2H])n(C[C@]2(c3ccc(F)cc3F)C[C@H](COc3ccc(N4CCN(c5ccc(-n6cnn([C@@H](CC)[C@H](C)O)c6=O)cc5)CC4)cc3)CO2)n1. The zero-order chi connectivity index (χ0) is 37.3. The Labute approximate surface area is 297 Å². The van der Waals surface area contributed by atoms with Gasteiger partial charge >= 0.3 is 5.69 Å². The highest BCUT2D eigenvalue weighted by atomic mass is 19.1. The largest absolute Gasteiger partial charge is 0.493 e. The topological polar surface area (TPSA) is 116 Å². The van der Waals surface area contributed by atoms with Crippen LogP contribution in [0.4, 0.5) is 20.2 Å². The average Bonchev–Trinajstić information content (AvgIpc) is 3.83. The summed E-state index contributed by atoms with van der Waals surface area (Å²) in [6.07, 6.45) is 1.18. The summed E-state index contributed by atoms with van der Waals surface area (Å²) in [5.74, 6) is -0.901. The minimum atomic E-state index is -1.24. The van der Waals surface area contributed by atoms with Gasteiger partial charge in [0.1, 0.15) is 44.7 Å². The van der Waals surface area contributed by atoms with E-state index in [2.05, 4.69) is 25.0 Å². The van der Waals surface area contributed by atoms with Crippen LogP contribution >= 0.6 is 0 Å². The van der Waals surface area contributed by atoms with Crippen LogP contribution in [0.1, 0.15) is 41.0 Å². The Morgan fingerprint density at radius 2 is 1.67 bits per heavy atom. The molecule has 2 saturated heterocycles. The van der Waals surface area contributed by atoms with Crippen LogP contribution in [0, 0.1) is 17.6 Å². The van der Waals surface area contributed by atoms with Crippen molar-refractivity contribution >= 4 is 11.4 Å². The van der Waals surface area contributed by atoms with E-state index in [0.717, 1.165) is 43.6 Å². The molecular formula is C37H42F2N8O4. The molecule has 0 saturated carbocycles. The van der Waals surface area contributed by atoms with Crippen LogP contribution in [0.5, 0.6) is 5.75 Å². The van der Waals surface area contributed by atoms with Crippen molar-refractivity contribution in [1.29, 1.82) is 0 Å². The fraction of sp³-hybridized carbons (Fsp3) is 0.405. The number of hydrogen-bond acceptors (Lipinski definition) is 9. The second-order valence-electron chi connectivity index (χ2n) is 13.2. The van der Waals surface area contributed by atoms with Gasteiger partial charge in [0.15, 0.2) is 0 Å². The van der Waals surface area contributed by atoms with Crippen molar-refractivity contribution in [3.63, 3.8) is 0 Å². The summed E-state index contributed by atoms with van der Waals surface area (Å²) in [6, 6.07) is 18.7. The molecule has 0 aliphatic carbocycles. The third kappa shape index (κ3) is 7.24. The van der Waals surface area contributed by atoms with E-state index in [-0.39, 0.29) is 49.0 Å². The van der Waals surface area contributed by atoms with Crippen molar-refractivity contribution in [2.24, 2.45) is 5.92 Å². The Hall–Kier alpha value is -5.08. The smallest absolute Gasteiger partial charge is 0.350 e. The maximum absolute atomic E-state index is 15.1. The molecule has 7 rings (SSSR count). The van der Waals surface area contributed by atoms with Gasteiger partial charge < -0.3 is 24.4 Å². The lowest BCUT2D eigenvalue weighted by molar-refractivity contribution is -0.0206. The predicted molar refractivity (Wildman–Crippen MR) is 187 cm³/mol. The first-order valence-corrected chi connectivity index (χ1v) is 17.2. The van der Waals surface area contributed by atoms with E-state index in [9.17, 15) is 14.3 Å². The van der Waals surface area contributed by atoms with Gasteiger partial charge in [0.05, 0.1) is 37.6 Å². The van der Waals surface area contributed by atoms with Gasteiger partial charge in [-0.2, -0.15) is 10.2 Å². The standard InChI is InChI=1S/C37H42F2N8O4/c1-3-35(26(2)48)47-36(49)46(25-42-47)31-7-5-29(6-8-31)43-14-16-44(17-15-43)30-9-11-32(12-10-30)50-20-27-19-37(51-21-27,22-45-24-40-23-41-45)33-13-4-28(38)18-34(33)39/h4-13,18,23-27,35,48H,3,14-17,19-22H2,1-2H3/t26-,27+,35-,37-/m0/s1/i23D,24D. The molecule has 2 aliphatic heterocycles. The highest BCUT2D eigenvalue weighted by Gasteiger charge is 2.44. The van der Waals surface area contributed by atoms with Gasteiger partial charge in [0, 0.05) is 55.1 Å². The van der Waals surface area contributed by atoms with Crippen LogP contribution < -0.4 is 20.2 Å². The van der Waals surface area contributed by atoms with Gasteiger partial charge in [-0.1, -0.05) is 13.0 Å². The summed E-state index contributed by atoms with van der Waals surface area (Å²) in [7, 11) is 0. The number of nitrogens with zero attached hydrogens (tertiary/aromatic N) is 8. The van der Waals surface area contributed by atoms with Crippen LogP contribution in [-0.2, 0) is 16.9 Å². The van der Waals surface area contributed by atoms with E-state index in [0.29, 0.717) is 30.9 Å². The molecule has 5 aromatic rings. The summed E-state index contributed by atoms with van der Waals surface area (Å²) in [5, 5.41) is 18.3. The molecule has 0 radical (unpaired) electrons. The van der Waals surface area contributed by atoms with Crippen molar-refractivity contribution in [2.45, 2.75) is 51.0 Å². The van der Waals surface area contributed by atoms with E-state index < -0.39 is 23.3 Å². The Balaban J connectivity index is 0.934. The van der Waals surface area contributed by atoms with E-state index in [1.54, 1.807) is 6.92 Å². The Morgan fingerprint density at radius 3 is 2.27 bits per heavy atom. The van der Waals surface area contributed by atoms with Gasteiger partial charge in [-0.3, -0.25) is 0 Å². The van der Waals surface area contributed by atoms with Crippen molar-refractivity contribution in [2.75, 3.05) is 49.2 Å². The number of aliphatic hydroxyl groups excluding tert-OH is 1. The first-order valence-electron chi connectivity index (χ1n) is 18.2. The van der Waals surface area contributed by atoms with Crippen molar-refractivity contribution in [1.82, 2.24) is 29.1 Å². The van der Waals surface area contributed by atoms with Gasteiger partial charge in [-0.15, -0.1) is 0 Å². The fourth-order valence-electron chi connectivity index (χ4n) is 7.16. The molecule has 14 heteroatoms. The predicted octanol–water partition coefficient (Wildman–Crippen LogP) is 4.57. The van der Waals surface area contributed by atoms with E-state index in [4.69, 9.17) is 12.2 Å². The molecule has 2 aliphatic rings. The van der Waals surface area contributed by atoms with Crippen molar-refractivity contribution in [3.05, 3.63) is 113 Å². The molecule has 2 aromatic heterocycles. The van der Waals surface area contributed by atoms with Crippen LogP contribution in [0.3, 0.4) is 0 Å². The van der Waals surface area contributed by atoms with Crippen molar-refractivity contribution < 1.29 is 26.1 Å². The Morgan fingerprint density at radius 1 is 1.00 bits per heavy atom. The number of hydrogen-bond donors (Lipinski definition) is 1. The van der Waals surface area contributed by atoms with Crippen LogP contribution in [0.2, 0.25) is 0 Å². The second-order valence-corrected chi connectivity index (χ2v) is 13.2. The van der Waals surface area contributed by atoms with Crippen molar-refractivity contribution in [3.8, 4) is 11.4 Å². The second kappa shape index (κ2) is 14.6. The first kappa shape index (κ1) is 31.9. The van der Waals surface area contributed by atoms with Crippen LogP contribution in [0.15, 0.2) is 90.5 Å². The van der Waals surface area contributed by atoms with Gasteiger partial charge in [-0.25, -0.2) is 32.5 Å². The highest BCUT2D eigenvalue weighted by molar-refractivity contribution is 5.54. The third-order valence-electron chi connectivity index (χ3n) is 9.86. The molecule has 0 unspecified atom stereocenters. The molecule has 4 atom stereocenters. The van der Waals surface area contributed by atoms with Gasteiger partial charge in [0.2, 0.25) is 0 Å². The molecular weight excluding hydrogens is 658 g/mol. The first-order chi connectivity index (χ1) is 25.5. The monoisotopic (exact) mass is 702 g/mol. The normalized spacial score (nSPS) is 21.0. The number of anilines is 2. The minimum Gasteiger partial charge on any atom is -0.493 e. The average molecular weight is 703 g/mol. The number of aliphatic hydroxyl groups is 1. The molecule has 0 amide bonds. The quantitative estimate of drug-likeness (QED) is 0.200. The molecule has 0 bridgehead atoms. The van der Waals surface area contributed by atoms with Gasteiger partial charge in [-0.05, 0) is 74.4 Å². The number of rotatable bonds is 12. The number of halogens is 2. The summed E-state index contributed by atoms with van der Waals surface area (Å²) >= 11 is 0.